The van der Waals surface area contributed by atoms with Crippen LogP contribution in [-0.2, 0) is 11.2 Å². The van der Waals surface area contributed by atoms with Crippen molar-refractivity contribution in [1.29, 1.82) is 0 Å². The molecule has 0 aromatic heterocycles. The van der Waals surface area contributed by atoms with Crippen molar-refractivity contribution in [3.05, 3.63) is 53.1 Å². The first-order valence-corrected chi connectivity index (χ1v) is 7.24. The number of nitrogens with one attached hydrogen (secondary N) is 1. The van der Waals surface area contributed by atoms with Crippen LogP contribution in [-0.4, -0.2) is 20.1 Å². The van der Waals surface area contributed by atoms with Crippen molar-refractivity contribution < 1.29 is 14.3 Å². The molecule has 1 atom stereocenters. The van der Waals surface area contributed by atoms with E-state index in [1.807, 2.05) is 37.3 Å². The molecule has 1 N–H and O–H groups in total. The minimum atomic E-state index is -0.159. The molecule has 114 valence electrons. The molecule has 1 heterocycles. The molecule has 4 heteroatoms. The molecule has 1 aliphatic heterocycles. The third-order valence-electron chi connectivity index (χ3n) is 4.04. The van der Waals surface area contributed by atoms with Gasteiger partial charge in [-0.25, -0.2) is 0 Å². The van der Waals surface area contributed by atoms with Crippen molar-refractivity contribution in [2.75, 3.05) is 19.5 Å². The van der Waals surface area contributed by atoms with Crippen LogP contribution in [0.4, 0.5) is 5.69 Å². The van der Waals surface area contributed by atoms with Gasteiger partial charge in [0.25, 0.3) is 0 Å². The molecule has 0 bridgehead atoms. The molecule has 2 aromatic rings. The second-order valence-corrected chi connectivity index (χ2v) is 5.53. The topological polar surface area (TPSA) is 47.6 Å². The molecule has 3 rings (SSSR count). The minimum absolute atomic E-state index is 0.0513. The number of carbonyl (C=O) groups excluding carboxylic acids is 1. The summed E-state index contributed by atoms with van der Waals surface area (Å²) in [6.45, 7) is 2.04. The Morgan fingerprint density at radius 1 is 1.05 bits per heavy atom. The number of methoxy groups -OCH3 is 2. The summed E-state index contributed by atoms with van der Waals surface area (Å²) < 4.78 is 10.6. The van der Waals surface area contributed by atoms with Gasteiger partial charge in [0, 0.05) is 5.69 Å². The van der Waals surface area contributed by atoms with E-state index in [9.17, 15) is 4.79 Å². The van der Waals surface area contributed by atoms with Crippen LogP contribution in [0.1, 0.15) is 22.6 Å². The van der Waals surface area contributed by atoms with Gasteiger partial charge in [-0.2, -0.15) is 0 Å². The average Bonchev–Trinajstić information content (AvgIpc) is 2.83. The minimum Gasteiger partial charge on any atom is -0.493 e. The zero-order valence-corrected chi connectivity index (χ0v) is 13.0. The fourth-order valence-corrected chi connectivity index (χ4v) is 2.89. The molecule has 0 fully saturated rings. The number of benzene rings is 2. The Morgan fingerprint density at radius 3 is 2.55 bits per heavy atom. The fourth-order valence-electron chi connectivity index (χ4n) is 2.89. The normalized spacial score (nSPS) is 16.1. The predicted octanol–water partition coefficient (Wildman–Crippen LogP) is 3.29. The Kier molecular flexibility index (Phi) is 3.75. The molecule has 22 heavy (non-hydrogen) atoms. The van der Waals surface area contributed by atoms with Crippen molar-refractivity contribution >= 4 is 11.6 Å². The number of fused-ring (bicyclic) bond motifs is 1. The molecule has 2 aromatic carbocycles. The highest BCUT2D eigenvalue weighted by atomic mass is 16.5. The SMILES string of the molecule is COc1ccc(C[C@H]2C(=O)Nc3ccc(C)cc32)cc1OC. The average molecular weight is 297 g/mol. The Morgan fingerprint density at radius 2 is 1.82 bits per heavy atom. The molecule has 1 aliphatic rings. The van der Waals surface area contributed by atoms with Crippen LogP contribution in [0.25, 0.3) is 0 Å². The smallest absolute Gasteiger partial charge is 0.232 e. The second kappa shape index (κ2) is 5.72. The third-order valence-corrected chi connectivity index (χ3v) is 4.04. The largest absolute Gasteiger partial charge is 0.493 e. The van der Waals surface area contributed by atoms with Crippen LogP contribution in [0.5, 0.6) is 11.5 Å². The first kappa shape index (κ1) is 14.4. The third kappa shape index (κ3) is 2.52. The van der Waals surface area contributed by atoms with Crippen molar-refractivity contribution in [1.82, 2.24) is 0 Å². The van der Waals surface area contributed by atoms with Crippen LogP contribution in [0.2, 0.25) is 0 Å². The Hall–Kier alpha value is -2.49. The molecular weight excluding hydrogens is 278 g/mol. The van der Waals surface area contributed by atoms with E-state index in [0.29, 0.717) is 17.9 Å². The molecule has 0 unspecified atom stereocenters. The van der Waals surface area contributed by atoms with E-state index >= 15 is 0 Å². The maximum Gasteiger partial charge on any atom is 0.232 e. The van der Waals surface area contributed by atoms with E-state index in [1.165, 1.54) is 0 Å². The van der Waals surface area contributed by atoms with Crippen molar-refractivity contribution in [3.8, 4) is 11.5 Å². The standard InChI is InChI=1S/C18H19NO3/c1-11-4-6-15-13(8-11)14(18(20)19-15)9-12-5-7-16(21-2)17(10-12)22-3/h4-8,10,14H,9H2,1-3H3,(H,19,20)/t14-/m1/s1. The highest BCUT2D eigenvalue weighted by Crippen LogP contribution is 2.36. The van der Waals surface area contributed by atoms with E-state index in [4.69, 9.17) is 9.47 Å². The van der Waals surface area contributed by atoms with Crippen molar-refractivity contribution in [2.45, 2.75) is 19.3 Å². The number of rotatable bonds is 4. The summed E-state index contributed by atoms with van der Waals surface area (Å²) in [5.41, 5.74) is 4.19. The predicted molar refractivity (Wildman–Crippen MR) is 85.8 cm³/mol. The van der Waals surface area contributed by atoms with E-state index in [1.54, 1.807) is 14.2 Å². The van der Waals surface area contributed by atoms with Crippen LogP contribution < -0.4 is 14.8 Å². The van der Waals surface area contributed by atoms with Gasteiger partial charge >= 0.3 is 0 Å². The summed E-state index contributed by atoms with van der Waals surface area (Å²) in [6.07, 6.45) is 0.642. The summed E-state index contributed by atoms with van der Waals surface area (Å²) in [5.74, 6) is 1.27. The van der Waals surface area contributed by atoms with E-state index in [-0.39, 0.29) is 11.8 Å². The lowest BCUT2D eigenvalue weighted by Crippen LogP contribution is -2.14. The maximum atomic E-state index is 12.3. The number of hydrogen-bond acceptors (Lipinski definition) is 3. The summed E-state index contributed by atoms with van der Waals surface area (Å²) >= 11 is 0. The quantitative estimate of drug-likeness (QED) is 0.942. The van der Waals surface area contributed by atoms with Gasteiger partial charge in [-0.15, -0.1) is 0 Å². The van der Waals surface area contributed by atoms with Crippen molar-refractivity contribution in [2.24, 2.45) is 0 Å². The van der Waals surface area contributed by atoms with Crippen LogP contribution in [0, 0.1) is 6.92 Å². The van der Waals surface area contributed by atoms with Gasteiger partial charge in [-0.3, -0.25) is 4.79 Å². The molecule has 4 nitrogen and oxygen atoms in total. The summed E-state index contributed by atoms with van der Waals surface area (Å²) in [6, 6.07) is 11.8. The van der Waals surface area contributed by atoms with Gasteiger partial charge in [-0.1, -0.05) is 23.8 Å². The zero-order chi connectivity index (χ0) is 15.7. The van der Waals surface area contributed by atoms with Gasteiger partial charge in [0.1, 0.15) is 0 Å². The lowest BCUT2D eigenvalue weighted by Gasteiger charge is -2.12. The number of aryl methyl sites for hydroxylation is 1. The summed E-state index contributed by atoms with van der Waals surface area (Å²) in [7, 11) is 3.23. The van der Waals surface area contributed by atoms with Crippen LogP contribution in [0.15, 0.2) is 36.4 Å². The summed E-state index contributed by atoms with van der Waals surface area (Å²) in [5, 5.41) is 2.95. The lowest BCUT2D eigenvalue weighted by molar-refractivity contribution is -0.117. The molecule has 0 aliphatic carbocycles. The van der Waals surface area contributed by atoms with Gasteiger partial charge in [0.2, 0.25) is 5.91 Å². The van der Waals surface area contributed by atoms with E-state index in [2.05, 4.69) is 11.4 Å². The fraction of sp³-hybridized carbons (Fsp3) is 0.278. The highest BCUT2D eigenvalue weighted by Gasteiger charge is 2.30. The van der Waals surface area contributed by atoms with Gasteiger partial charge in [0.05, 0.1) is 20.1 Å². The Bertz CT molecular complexity index is 724. The zero-order valence-electron chi connectivity index (χ0n) is 13.0. The number of anilines is 1. The van der Waals surface area contributed by atoms with Crippen LogP contribution >= 0.6 is 0 Å². The number of ether oxygens (including phenoxy) is 2. The van der Waals surface area contributed by atoms with Gasteiger partial charge in [-0.05, 0) is 42.7 Å². The van der Waals surface area contributed by atoms with Gasteiger partial charge < -0.3 is 14.8 Å². The first-order valence-electron chi connectivity index (χ1n) is 7.24. The van der Waals surface area contributed by atoms with Crippen molar-refractivity contribution in [3.63, 3.8) is 0 Å². The molecule has 0 spiro atoms. The van der Waals surface area contributed by atoms with Gasteiger partial charge in [0.15, 0.2) is 11.5 Å². The van der Waals surface area contributed by atoms with Crippen LogP contribution in [0.3, 0.4) is 0 Å². The molecule has 1 amide bonds. The first-order chi connectivity index (χ1) is 10.6. The Balaban J connectivity index is 1.91. The molecule has 0 radical (unpaired) electrons. The van der Waals surface area contributed by atoms with E-state index < -0.39 is 0 Å². The number of carbonyl (C=O) groups is 1. The molecule has 0 saturated heterocycles. The summed E-state index contributed by atoms with van der Waals surface area (Å²) in [4.78, 5) is 12.3. The number of amides is 1. The highest BCUT2D eigenvalue weighted by molar-refractivity contribution is 6.03. The Labute approximate surface area is 130 Å². The van der Waals surface area contributed by atoms with E-state index in [0.717, 1.165) is 22.4 Å². The lowest BCUT2D eigenvalue weighted by atomic mass is 9.92. The number of hydrogen-bond donors (Lipinski definition) is 1. The molecular formula is C18H19NO3. The maximum absolute atomic E-state index is 12.3. The second-order valence-electron chi connectivity index (χ2n) is 5.53. The molecule has 0 saturated carbocycles. The monoisotopic (exact) mass is 297 g/mol.